The number of pyridine rings is 1. The molecule has 2 atom stereocenters. The number of nitrogens with zero attached hydrogens (tertiary/aromatic N) is 2. The summed E-state index contributed by atoms with van der Waals surface area (Å²) in [5.74, 6) is -3.94. The van der Waals surface area contributed by atoms with Gasteiger partial charge < -0.3 is 23.7 Å². The minimum absolute atomic E-state index is 0.00871. The molecule has 12 heteroatoms. The maximum absolute atomic E-state index is 13.5. The van der Waals surface area contributed by atoms with Crippen molar-refractivity contribution in [3.63, 3.8) is 0 Å². The molecular formula is C26H26FN3O8. The first-order chi connectivity index (χ1) is 18.1. The van der Waals surface area contributed by atoms with E-state index >= 15 is 0 Å². The van der Waals surface area contributed by atoms with E-state index in [0.717, 1.165) is 10.8 Å². The van der Waals surface area contributed by atoms with Crippen LogP contribution in [0.2, 0.25) is 0 Å². The molecular weight excluding hydrogens is 501 g/mol. The van der Waals surface area contributed by atoms with Gasteiger partial charge in [0.05, 0.1) is 12.1 Å². The molecule has 200 valence electrons. The third-order valence-corrected chi connectivity index (χ3v) is 6.41. The van der Waals surface area contributed by atoms with E-state index in [1.54, 1.807) is 20.0 Å². The van der Waals surface area contributed by atoms with Crippen molar-refractivity contribution in [1.29, 1.82) is 0 Å². The maximum Gasteiger partial charge on any atom is 0.519 e. The molecule has 0 spiro atoms. The van der Waals surface area contributed by atoms with Gasteiger partial charge in [-0.2, -0.15) is 0 Å². The number of Topliss-reactive ketones (excluding diaryl/α,β-unsaturated/α-hetero) is 1. The Hall–Kier alpha value is -4.35. The van der Waals surface area contributed by atoms with Gasteiger partial charge in [0.2, 0.25) is 5.60 Å². The van der Waals surface area contributed by atoms with Crippen LogP contribution in [0.5, 0.6) is 0 Å². The number of oxime groups is 1. The van der Waals surface area contributed by atoms with E-state index in [-0.39, 0.29) is 17.9 Å². The predicted octanol–water partition coefficient (Wildman–Crippen LogP) is 2.77. The number of hydrogen-bond donors (Lipinski definition) is 1. The smallest absolute Gasteiger partial charge is 0.457 e. The van der Waals surface area contributed by atoms with Gasteiger partial charge in [-0.1, -0.05) is 43.3 Å². The van der Waals surface area contributed by atoms with Crippen LogP contribution in [0.1, 0.15) is 43.9 Å². The molecule has 0 saturated heterocycles. The summed E-state index contributed by atoms with van der Waals surface area (Å²) in [6.45, 7) is 3.09. The Balaban J connectivity index is 1.48. The summed E-state index contributed by atoms with van der Waals surface area (Å²) in [5.41, 5.74) is -0.528. The number of ether oxygens (including phenoxy) is 1. The lowest BCUT2D eigenvalue weighted by Crippen LogP contribution is -2.55. The number of aryl methyl sites for hydroxylation is 1. The number of amides is 1. The SMILES string of the molecule is Cc1oc(=O)oc1COC(=O)C[C@H](NC(=O)[C@]1(C(C)C)CC(c2nccc3ccccc23)=NO1)C(=O)CF. The topological polar surface area (TPSA) is 150 Å². The Kier molecular flexibility index (Phi) is 7.70. The highest BCUT2D eigenvalue weighted by Crippen LogP contribution is 2.35. The second kappa shape index (κ2) is 11.0. The van der Waals surface area contributed by atoms with Crippen LogP contribution in [-0.2, 0) is 30.6 Å². The summed E-state index contributed by atoms with van der Waals surface area (Å²) < 4.78 is 27.8. The molecule has 38 heavy (non-hydrogen) atoms. The van der Waals surface area contributed by atoms with Crippen LogP contribution in [0.3, 0.4) is 0 Å². The fraction of sp³-hybridized carbons (Fsp3) is 0.385. The number of rotatable bonds is 10. The first-order valence-corrected chi connectivity index (χ1v) is 11.9. The van der Waals surface area contributed by atoms with E-state index < -0.39 is 60.7 Å². The summed E-state index contributed by atoms with van der Waals surface area (Å²) >= 11 is 0. The first kappa shape index (κ1) is 26.7. The number of halogens is 1. The molecule has 0 unspecified atom stereocenters. The third-order valence-electron chi connectivity index (χ3n) is 6.41. The summed E-state index contributed by atoms with van der Waals surface area (Å²) in [7, 11) is 0. The molecule has 0 aliphatic carbocycles. The maximum atomic E-state index is 13.5. The molecule has 0 bridgehead atoms. The van der Waals surface area contributed by atoms with E-state index in [1.807, 2.05) is 30.3 Å². The molecule has 0 saturated carbocycles. The number of ketones is 1. The van der Waals surface area contributed by atoms with Crippen molar-refractivity contribution in [2.45, 2.75) is 51.9 Å². The predicted molar refractivity (Wildman–Crippen MR) is 131 cm³/mol. The minimum atomic E-state index is -1.52. The number of benzene rings is 1. The second-order valence-electron chi connectivity index (χ2n) is 9.16. The number of carbonyl (C=O) groups excluding carboxylic acids is 3. The van der Waals surface area contributed by atoms with Crippen LogP contribution in [0.4, 0.5) is 4.39 Å². The summed E-state index contributed by atoms with van der Waals surface area (Å²) in [5, 5.41) is 8.36. The average molecular weight is 528 g/mol. The highest BCUT2D eigenvalue weighted by molar-refractivity contribution is 6.12. The van der Waals surface area contributed by atoms with E-state index in [1.165, 1.54) is 6.92 Å². The molecule has 1 aromatic carbocycles. The van der Waals surface area contributed by atoms with Gasteiger partial charge in [0.1, 0.15) is 18.4 Å². The number of carbonyl (C=O) groups is 3. The van der Waals surface area contributed by atoms with Crippen molar-refractivity contribution in [2.75, 3.05) is 6.67 Å². The van der Waals surface area contributed by atoms with Crippen molar-refractivity contribution in [2.24, 2.45) is 11.1 Å². The molecule has 1 aliphatic rings. The van der Waals surface area contributed by atoms with Gasteiger partial charge in [0.15, 0.2) is 23.9 Å². The van der Waals surface area contributed by atoms with Gasteiger partial charge in [0.25, 0.3) is 5.91 Å². The lowest BCUT2D eigenvalue weighted by molar-refractivity contribution is -0.153. The van der Waals surface area contributed by atoms with Crippen molar-refractivity contribution in [1.82, 2.24) is 10.3 Å². The van der Waals surface area contributed by atoms with E-state index in [0.29, 0.717) is 11.4 Å². The Morgan fingerprint density at radius 2 is 1.95 bits per heavy atom. The largest absolute Gasteiger partial charge is 0.519 e. The second-order valence-corrected chi connectivity index (χ2v) is 9.16. The van der Waals surface area contributed by atoms with E-state index in [9.17, 15) is 23.6 Å². The molecule has 2 aromatic heterocycles. The number of aromatic nitrogens is 1. The van der Waals surface area contributed by atoms with Crippen molar-refractivity contribution < 1.29 is 37.2 Å². The van der Waals surface area contributed by atoms with Gasteiger partial charge in [-0.05, 0) is 18.4 Å². The van der Waals surface area contributed by atoms with Crippen LogP contribution in [0, 0.1) is 12.8 Å². The number of nitrogens with one attached hydrogen (secondary N) is 1. The molecule has 3 heterocycles. The third kappa shape index (κ3) is 5.34. The zero-order valence-electron chi connectivity index (χ0n) is 21.0. The van der Waals surface area contributed by atoms with Gasteiger partial charge in [-0.15, -0.1) is 0 Å². The standard InChI is InChI=1S/C26H26FN3O8/c1-14(2)26(11-19(30-38-26)23-17-7-5-4-6-16(17)8-9-28-23)24(33)29-18(20(31)12-27)10-22(32)35-13-21-15(3)36-25(34)37-21/h4-9,14,18H,10-13H2,1-3H3,(H,29,33)/t18-,26+/m0/s1. The lowest BCUT2D eigenvalue weighted by Gasteiger charge is -2.30. The summed E-state index contributed by atoms with van der Waals surface area (Å²) in [4.78, 5) is 59.4. The van der Waals surface area contributed by atoms with E-state index in [2.05, 4.69) is 19.9 Å². The average Bonchev–Trinajstić information content (AvgIpc) is 3.50. The Morgan fingerprint density at radius 3 is 2.63 bits per heavy atom. The van der Waals surface area contributed by atoms with Crippen LogP contribution < -0.4 is 11.1 Å². The highest BCUT2D eigenvalue weighted by atomic mass is 19.1. The summed E-state index contributed by atoms with van der Waals surface area (Å²) in [6, 6.07) is 7.90. The zero-order chi connectivity index (χ0) is 27.4. The summed E-state index contributed by atoms with van der Waals surface area (Å²) in [6.07, 6.45) is 1.02. The monoisotopic (exact) mass is 527 g/mol. The molecule has 1 aliphatic heterocycles. The van der Waals surface area contributed by atoms with Gasteiger partial charge in [-0.3, -0.25) is 19.4 Å². The van der Waals surface area contributed by atoms with Crippen molar-refractivity contribution in [3.8, 4) is 0 Å². The first-order valence-electron chi connectivity index (χ1n) is 11.9. The fourth-order valence-electron chi connectivity index (χ4n) is 4.12. The highest BCUT2D eigenvalue weighted by Gasteiger charge is 2.51. The van der Waals surface area contributed by atoms with Crippen molar-refractivity contribution >= 4 is 34.1 Å². The van der Waals surface area contributed by atoms with Crippen LogP contribution in [-0.4, -0.2) is 46.7 Å². The van der Waals surface area contributed by atoms with Crippen molar-refractivity contribution in [3.05, 3.63) is 64.4 Å². The van der Waals surface area contributed by atoms with Gasteiger partial charge >= 0.3 is 11.8 Å². The fourth-order valence-corrected chi connectivity index (χ4v) is 4.12. The molecule has 3 aromatic rings. The van der Waals surface area contributed by atoms with Gasteiger partial charge in [0, 0.05) is 23.9 Å². The molecule has 4 rings (SSSR count). The van der Waals surface area contributed by atoms with Gasteiger partial charge in [-0.25, -0.2) is 9.18 Å². The van der Waals surface area contributed by atoms with Crippen LogP contribution in [0.15, 0.2) is 55.3 Å². The number of alkyl halides is 1. The van der Waals surface area contributed by atoms with E-state index in [4.69, 9.17) is 14.0 Å². The lowest BCUT2D eigenvalue weighted by atomic mass is 9.83. The van der Waals surface area contributed by atoms with Crippen LogP contribution in [0.25, 0.3) is 10.8 Å². The molecule has 1 amide bonds. The number of fused-ring (bicyclic) bond motifs is 1. The molecule has 0 radical (unpaired) electrons. The molecule has 1 N–H and O–H groups in total. The van der Waals surface area contributed by atoms with Crippen LogP contribution >= 0.6 is 0 Å². The number of hydrogen-bond acceptors (Lipinski definition) is 10. The quantitative estimate of drug-likeness (QED) is 0.393. The number of esters is 1. The molecule has 11 nitrogen and oxygen atoms in total. The normalized spacial score (nSPS) is 17.7. The Labute approximate surface area is 216 Å². The molecule has 0 fully saturated rings. The Bertz CT molecular complexity index is 1450. The Morgan fingerprint density at radius 1 is 1.18 bits per heavy atom. The minimum Gasteiger partial charge on any atom is -0.457 e. The zero-order valence-corrected chi connectivity index (χ0v) is 21.0.